The molecule has 0 fully saturated rings. The molecule has 0 aliphatic rings. The van der Waals surface area contributed by atoms with Crippen LogP contribution in [-0.4, -0.2) is 21.2 Å². The summed E-state index contributed by atoms with van der Waals surface area (Å²) in [6.07, 6.45) is 0. The molecular weight excluding hydrogens is 258 g/mol. The average Bonchev–Trinajstić information content (AvgIpc) is 2.84. The fourth-order valence-corrected chi connectivity index (χ4v) is 1.79. The Kier molecular flexibility index (Phi) is 4.47. The number of nitrogens with zero attached hydrogens (tertiary/aromatic N) is 2. The smallest absolute Gasteiger partial charge is 0.310 e. The van der Waals surface area contributed by atoms with Gasteiger partial charge in [-0.1, -0.05) is 29.4 Å². The van der Waals surface area contributed by atoms with Crippen LogP contribution in [0.3, 0.4) is 0 Å². The van der Waals surface area contributed by atoms with Crippen molar-refractivity contribution >= 4 is 5.97 Å². The highest BCUT2D eigenvalue weighted by Gasteiger charge is 2.12. The summed E-state index contributed by atoms with van der Waals surface area (Å²) in [5.74, 6) is -0.131. The van der Waals surface area contributed by atoms with E-state index in [1.807, 2.05) is 24.3 Å². The molecule has 1 aromatic carbocycles. The fourth-order valence-electron chi connectivity index (χ4n) is 1.79. The normalized spacial score (nSPS) is 12.3. The van der Waals surface area contributed by atoms with E-state index < -0.39 is 11.9 Å². The zero-order chi connectivity index (χ0) is 14.5. The quantitative estimate of drug-likeness (QED) is 0.836. The number of nitrogens with one attached hydrogen (secondary N) is 1. The van der Waals surface area contributed by atoms with Gasteiger partial charge in [0.2, 0.25) is 5.89 Å². The summed E-state index contributed by atoms with van der Waals surface area (Å²) in [6.45, 7) is 4.61. The highest BCUT2D eigenvalue weighted by Crippen LogP contribution is 2.16. The second-order valence-corrected chi connectivity index (χ2v) is 4.64. The minimum atomic E-state index is -0.817. The topological polar surface area (TPSA) is 88.2 Å². The number of aryl methyl sites for hydroxylation is 1. The number of carbonyl (C=O) groups is 1. The number of rotatable bonds is 6. The number of hydrogen-bond acceptors (Lipinski definition) is 5. The number of aliphatic carboxylic acids is 1. The van der Waals surface area contributed by atoms with Crippen molar-refractivity contribution in [1.82, 2.24) is 15.5 Å². The molecule has 1 atom stereocenters. The molecule has 6 nitrogen and oxygen atoms in total. The zero-order valence-electron chi connectivity index (χ0n) is 11.5. The fraction of sp³-hybridized carbons (Fsp3) is 0.357. The van der Waals surface area contributed by atoms with Gasteiger partial charge in [0.05, 0.1) is 12.5 Å². The zero-order valence-corrected chi connectivity index (χ0v) is 11.5. The van der Waals surface area contributed by atoms with Gasteiger partial charge in [0, 0.05) is 6.54 Å². The molecule has 1 heterocycles. The maximum atomic E-state index is 10.9. The molecule has 0 radical (unpaired) electrons. The summed E-state index contributed by atoms with van der Waals surface area (Å²) in [5.41, 5.74) is 1.87. The maximum absolute atomic E-state index is 10.9. The van der Waals surface area contributed by atoms with Gasteiger partial charge in [-0.15, -0.1) is 0 Å². The van der Waals surface area contributed by atoms with Crippen LogP contribution in [0.2, 0.25) is 0 Å². The van der Waals surface area contributed by atoms with Gasteiger partial charge in [-0.2, -0.15) is 4.98 Å². The Balaban J connectivity index is 1.86. The lowest BCUT2D eigenvalue weighted by Crippen LogP contribution is -2.13. The second kappa shape index (κ2) is 6.29. The molecule has 2 aromatic rings. The van der Waals surface area contributed by atoms with Gasteiger partial charge in [-0.3, -0.25) is 4.79 Å². The summed E-state index contributed by atoms with van der Waals surface area (Å²) >= 11 is 0. The standard InChI is InChI=1S/C14H17N3O3/c1-9(14(18)19)12-5-3-11(4-6-12)7-15-8-13-16-10(2)17-20-13/h3-6,9,15H,7-8H2,1-2H3,(H,18,19). The van der Waals surface area contributed by atoms with Gasteiger partial charge >= 0.3 is 5.97 Å². The number of carboxylic acid groups (broad SMARTS) is 1. The van der Waals surface area contributed by atoms with Crippen LogP contribution in [0.1, 0.15) is 35.7 Å². The third kappa shape index (κ3) is 3.64. The molecule has 106 valence electrons. The SMILES string of the molecule is Cc1noc(CNCc2ccc(C(C)C(=O)O)cc2)n1. The first-order chi connectivity index (χ1) is 9.56. The van der Waals surface area contributed by atoms with Crippen molar-refractivity contribution in [3.8, 4) is 0 Å². The number of aromatic nitrogens is 2. The number of hydrogen-bond donors (Lipinski definition) is 2. The molecule has 1 aromatic heterocycles. The molecule has 20 heavy (non-hydrogen) atoms. The molecule has 0 spiro atoms. The van der Waals surface area contributed by atoms with Crippen LogP contribution >= 0.6 is 0 Å². The van der Waals surface area contributed by atoms with E-state index in [0.717, 1.165) is 11.1 Å². The predicted octanol–water partition coefficient (Wildman–Crippen LogP) is 1.86. The van der Waals surface area contributed by atoms with Crippen molar-refractivity contribution in [3.05, 3.63) is 47.1 Å². The molecule has 0 saturated carbocycles. The van der Waals surface area contributed by atoms with Gasteiger partial charge in [-0.25, -0.2) is 0 Å². The minimum absolute atomic E-state index is 0.488. The van der Waals surface area contributed by atoms with E-state index in [9.17, 15) is 4.79 Å². The van der Waals surface area contributed by atoms with Crippen molar-refractivity contribution in [2.24, 2.45) is 0 Å². The van der Waals surface area contributed by atoms with Crippen molar-refractivity contribution in [3.63, 3.8) is 0 Å². The summed E-state index contributed by atoms with van der Waals surface area (Å²) in [4.78, 5) is 15.0. The summed E-state index contributed by atoms with van der Waals surface area (Å²) in [5, 5.41) is 15.8. The Bertz CT molecular complexity index is 578. The van der Waals surface area contributed by atoms with Gasteiger partial charge in [0.15, 0.2) is 5.82 Å². The predicted molar refractivity (Wildman–Crippen MR) is 72.1 cm³/mol. The monoisotopic (exact) mass is 275 g/mol. The van der Waals surface area contributed by atoms with Gasteiger partial charge in [0.1, 0.15) is 0 Å². The minimum Gasteiger partial charge on any atom is -0.481 e. The van der Waals surface area contributed by atoms with E-state index in [2.05, 4.69) is 15.5 Å². The molecule has 0 bridgehead atoms. The molecule has 0 saturated heterocycles. The number of benzene rings is 1. The van der Waals surface area contributed by atoms with E-state index in [0.29, 0.717) is 24.8 Å². The Labute approximate surface area is 116 Å². The highest BCUT2D eigenvalue weighted by molar-refractivity contribution is 5.75. The van der Waals surface area contributed by atoms with E-state index in [1.165, 1.54) is 0 Å². The lowest BCUT2D eigenvalue weighted by Gasteiger charge is -2.08. The largest absolute Gasteiger partial charge is 0.481 e. The first-order valence-electron chi connectivity index (χ1n) is 6.38. The second-order valence-electron chi connectivity index (χ2n) is 4.64. The maximum Gasteiger partial charge on any atom is 0.310 e. The van der Waals surface area contributed by atoms with Gasteiger partial charge in [-0.05, 0) is 25.0 Å². The molecule has 0 aliphatic heterocycles. The van der Waals surface area contributed by atoms with Crippen molar-refractivity contribution < 1.29 is 14.4 Å². The van der Waals surface area contributed by atoms with Crippen LogP contribution in [0.15, 0.2) is 28.8 Å². The average molecular weight is 275 g/mol. The Morgan fingerprint density at radius 2 is 2.05 bits per heavy atom. The van der Waals surface area contributed by atoms with Crippen molar-refractivity contribution in [2.45, 2.75) is 32.9 Å². The highest BCUT2D eigenvalue weighted by atomic mass is 16.5. The molecule has 0 amide bonds. The van der Waals surface area contributed by atoms with Crippen LogP contribution in [0, 0.1) is 6.92 Å². The Hall–Kier alpha value is -2.21. The first-order valence-corrected chi connectivity index (χ1v) is 6.38. The molecule has 2 N–H and O–H groups in total. The third-order valence-electron chi connectivity index (χ3n) is 3.03. The summed E-state index contributed by atoms with van der Waals surface area (Å²) in [6, 6.07) is 7.51. The molecule has 1 unspecified atom stereocenters. The van der Waals surface area contributed by atoms with Gasteiger partial charge < -0.3 is 14.9 Å². The van der Waals surface area contributed by atoms with E-state index in [4.69, 9.17) is 9.63 Å². The van der Waals surface area contributed by atoms with Crippen molar-refractivity contribution in [1.29, 1.82) is 0 Å². The van der Waals surface area contributed by atoms with Crippen LogP contribution in [0.4, 0.5) is 0 Å². The summed E-state index contributed by atoms with van der Waals surface area (Å²) in [7, 11) is 0. The third-order valence-corrected chi connectivity index (χ3v) is 3.03. The molecule has 6 heteroatoms. The van der Waals surface area contributed by atoms with E-state index in [-0.39, 0.29) is 0 Å². The molecule has 2 rings (SSSR count). The van der Waals surface area contributed by atoms with Crippen LogP contribution in [0.5, 0.6) is 0 Å². The van der Waals surface area contributed by atoms with Crippen LogP contribution in [-0.2, 0) is 17.9 Å². The van der Waals surface area contributed by atoms with E-state index >= 15 is 0 Å². The Morgan fingerprint density at radius 3 is 2.60 bits per heavy atom. The lowest BCUT2D eigenvalue weighted by atomic mass is 10.0. The lowest BCUT2D eigenvalue weighted by molar-refractivity contribution is -0.138. The van der Waals surface area contributed by atoms with Crippen LogP contribution in [0.25, 0.3) is 0 Å². The van der Waals surface area contributed by atoms with E-state index in [1.54, 1.807) is 13.8 Å². The summed E-state index contributed by atoms with van der Waals surface area (Å²) < 4.78 is 4.99. The first kappa shape index (κ1) is 14.2. The number of carboxylic acids is 1. The Morgan fingerprint density at radius 1 is 1.35 bits per heavy atom. The van der Waals surface area contributed by atoms with Crippen LogP contribution < -0.4 is 5.32 Å². The van der Waals surface area contributed by atoms with Crippen molar-refractivity contribution in [2.75, 3.05) is 0 Å². The molecular formula is C14H17N3O3. The van der Waals surface area contributed by atoms with Gasteiger partial charge in [0.25, 0.3) is 0 Å². The molecule has 0 aliphatic carbocycles.